The molecule has 0 aliphatic heterocycles. The summed E-state index contributed by atoms with van der Waals surface area (Å²) in [7, 11) is 2.04. The molecule has 0 bridgehead atoms. The predicted octanol–water partition coefficient (Wildman–Crippen LogP) is 4.29. The molecule has 1 atom stereocenters. The number of halogens is 2. The van der Waals surface area contributed by atoms with E-state index in [1.165, 1.54) is 9.35 Å². The van der Waals surface area contributed by atoms with Crippen molar-refractivity contribution < 1.29 is 0 Å². The zero-order chi connectivity index (χ0) is 13.8. The smallest absolute Gasteiger partial charge is 0.108 e. The van der Waals surface area contributed by atoms with Gasteiger partial charge in [-0.05, 0) is 56.5 Å². The summed E-state index contributed by atoms with van der Waals surface area (Å²) < 4.78 is 4.45. The van der Waals surface area contributed by atoms with Gasteiger partial charge in [-0.3, -0.25) is 0 Å². The van der Waals surface area contributed by atoms with Crippen LogP contribution in [-0.2, 0) is 13.5 Å². The van der Waals surface area contributed by atoms with Gasteiger partial charge in [-0.2, -0.15) is 0 Å². The molecule has 0 aliphatic rings. The van der Waals surface area contributed by atoms with Crippen molar-refractivity contribution in [1.29, 1.82) is 0 Å². The first-order valence-corrected chi connectivity index (χ1v) is 8.66. The summed E-state index contributed by atoms with van der Waals surface area (Å²) in [6.45, 7) is 3.11. The molecule has 19 heavy (non-hydrogen) atoms. The first-order chi connectivity index (χ1) is 9.11. The van der Waals surface area contributed by atoms with Crippen molar-refractivity contribution >= 4 is 43.2 Å². The van der Waals surface area contributed by atoms with Crippen LogP contribution in [0, 0.1) is 0 Å². The van der Waals surface area contributed by atoms with Crippen molar-refractivity contribution in [1.82, 2.24) is 14.9 Å². The van der Waals surface area contributed by atoms with Gasteiger partial charge in [-0.15, -0.1) is 11.3 Å². The van der Waals surface area contributed by atoms with E-state index in [1.54, 1.807) is 11.3 Å². The molecular weight excluding hydrogens is 390 g/mol. The van der Waals surface area contributed by atoms with E-state index < -0.39 is 0 Å². The van der Waals surface area contributed by atoms with Crippen LogP contribution in [0.2, 0.25) is 0 Å². The normalized spacial score (nSPS) is 12.8. The Morgan fingerprint density at radius 3 is 2.79 bits per heavy atom. The molecule has 0 radical (unpaired) electrons. The number of aromatic nitrogens is 2. The molecule has 0 spiro atoms. The summed E-state index contributed by atoms with van der Waals surface area (Å²) in [4.78, 5) is 4.39. The van der Waals surface area contributed by atoms with Gasteiger partial charge in [0.05, 0.1) is 7.57 Å². The van der Waals surface area contributed by atoms with E-state index in [1.807, 2.05) is 19.4 Å². The summed E-state index contributed by atoms with van der Waals surface area (Å²) in [5.74, 6) is 1.13. The number of imidazole rings is 1. The molecule has 2 aromatic rings. The lowest BCUT2D eigenvalue weighted by Crippen LogP contribution is -2.21. The fourth-order valence-electron chi connectivity index (χ4n) is 2.12. The summed E-state index contributed by atoms with van der Waals surface area (Å²) >= 11 is 8.92. The third-order valence-electron chi connectivity index (χ3n) is 3.09. The monoisotopic (exact) mass is 405 g/mol. The van der Waals surface area contributed by atoms with E-state index in [0.717, 1.165) is 29.0 Å². The second-order valence-electron chi connectivity index (χ2n) is 4.38. The molecule has 3 nitrogen and oxygen atoms in total. The van der Waals surface area contributed by atoms with Crippen LogP contribution in [0.15, 0.2) is 26.0 Å². The summed E-state index contributed by atoms with van der Waals surface area (Å²) in [6.07, 6.45) is 5.87. The molecule has 0 aromatic carbocycles. The van der Waals surface area contributed by atoms with Crippen molar-refractivity contribution in [3.8, 4) is 0 Å². The number of thiophene rings is 1. The molecule has 0 saturated heterocycles. The minimum atomic E-state index is 0.360. The molecule has 0 aliphatic carbocycles. The Morgan fingerprint density at radius 2 is 2.26 bits per heavy atom. The number of rotatable bonds is 6. The highest BCUT2D eigenvalue weighted by Gasteiger charge is 2.17. The second-order valence-corrected chi connectivity index (χ2v) is 8.13. The molecule has 1 unspecified atom stereocenters. The quantitative estimate of drug-likeness (QED) is 0.775. The van der Waals surface area contributed by atoms with E-state index in [-0.39, 0.29) is 0 Å². The van der Waals surface area contributed by atoms with Gasteiger partial charge in [0.1, 0.15) is 5.82 Å². The van der Waals surface area contributed by atoms with Crippen LogP contribution < -0.4 is 5.32 Å². The highest BCUT2D eigenvalue weighted by molar-refractivity contribution is 9.12. The Balaban J connectivity index is 2.08. The molecule has 2 heterocycles. The maximum atomic E-state index is 4.39. The highest BCUT2D eigenvalue weighted by Crippen LogP contribution is 2.36. The lowest BCUT2D eigenvalue weighted by Gasteiger charge is -2.17. The van der Waals surface area contributed by atoms with Crippen LogP contribution in [0.4, 0.5) is 0 Å². The first-order valence-electron chi connectivity index (χ1n) is 6.26. The third-order valence-corrected chi connectivity index (χ3v) is 5.47. The zero-order valence-electron chi connectivity index (χ0n) is 11.0. The van der Waals surface area contributed by atoms with Crippen molar-refractivity contribution in [3.05, 3.63) is 37.4 Å². The van der Waals surface area contributed by atoms with Gasteiger partial charge in [0.15, 0.2) is 0 Å². The SMILES string of the molecule is CCNC(CCc1nccn1C)c1cc(Br)sc1Br. The van der Waals surface area contributed by atoms with Gasteiger partial charge in [0.2, 0.25) is 0 Å². The van der Waals surface area contributed by atoms with E-state index in [9.17, 15) is 0 Å². The minimum absolute atomic E-state index is 0.360. The van der Waals surface area contributed by atoms with Gasteiger partial charge in [-0.25, -0.2) is 4.98 Å². The molecular formula is C13H17Br2N3S. The van der Waals surface area contributed by atoms with Crippen LogP contribution in [0.3, 0.4) is 0 Å². The Bertz CT molecular complexity index is 536. The van der Waals surface area contributed by atoms with E-state index >= 15 is 0 Å². The van der Waals surface area contributed by atoms with Gasteiger partial charge < -0.3 is 9.88 Å². The van der Waals surface area contributed by atoms with Crippen LogP contribution in [0.25, 0.3) is 0 Å². The van der Waals surface area contributed by atoms with Gasteiger partial charge in [0.25, 0.3) is 0 Å². The van der Waals surface area contributed by atoms with Gasteiger partial charge in [-0.1, -0.05) is 6.92 Å². The maximum Gasteiger partial charge on any atom is 0.108 e. The topological polar surface area (TPSA) is 29.9 Å². The lowest BCUT2D eigenvalue weighted by atomic mass is 10.1. The van der Waals surface area contributed by atoms with Crippen LogP contribution in [-0.4, -0.2) is 16.1 Å². The molecule has 104 valence electrons. The van der Waals surface area contributed by atoms with Crippen LogP contribution in [0.5, 0.6) is 0 Å². The Kier molecular flexibility index (Phi) is 5.62. The summed E-state index contributed by atoms with van der Waals surface area (Å²) in [5.41, 5.74) is 1.33. The number of hydrogen-bond donors (Lipinski definition) is 1. The van der Waals surface area contributed by atoms with Crippen molar-refractivity contribution in [2.45, 2.75) is 25.8 Å². The summed E-state index contributed by atoms with van der Waals surface area (Å²) in [5, 5.41) is 3.55. The zero-order valence-corrected chi connectivity index (χ0v) is 15.0. The fraction of sp³-hybridized carbons (Fsp3) is 0.462. The number of aryl methyl sites for hydroxylation is 2. The molecule has 0 fully saturated rings. The minimum Gasteiger partial charge on any atom is -0.338 e. The predicted molar refractivity (Wildman–Crippen MR) is 87.7 cm³/mol. The van der Waals surface area contributed by atoms with Crippen LogP contribution >= 0.6 is 43.2 Å². The number of hydrogen-bond acceptors (Lipinski definition) is 3. The Labute approximate surface area is 134 Å². The first kappa shape index (κ1) is 15.2. The van der Waals surface area contributed by atoms with Crippen molar-refractivity contribution in [3.63, 3.8) is 0 Å². The molecule has 0 saturated carbocycles. The lowest BCUT2D eigenvalue weighted by molar-refractivity contribution is 0.505. The average Bonchev–Trinajstić information content (AvgIpc) is 2.91. The third kappa shape index (κ3) is 3.90. The molecule has 2 aromatic heterocycles. The van der Waals surface area contributed by atoms with Gasteiger partial charge >= 0.3 is 0 Å². The standard InChI is InChI=1S/C13H17Br2N3S/c1-3-16-10(9-8-11(14)19-13(9)15)4-5-12-17-6-7-18(12)2/h6-8,10,16H,3-5H2,1-2H3. The molecule has 2 rings (SSSR count). The van der Waals surface area contributed by atoms with E-state index in [0.29, 0.717) is 6.04 Å². The number of nitrogens with zero attached hydrogens (tertiary/aromatic N) is 2. The molecule has 1 N–H and O–H groups in total. The average molecular weight is 407 g/mol. The largest absolute Gasteiger partial charge is 0.338 e. The Morgan fingerprint density at radius 1 is 1.47 bits per heavy atom. The van der Waals surface area contributed by atoms with Gasteiger partial charge in [0, 0.05) is 31.9 Å². The fourth-order valence-corrected chi connectivity index (χ4v) is 5.09. The molecule has 6 heteroatoms. The van der Waals surface area contributed by atoms with E-state index in [2.05, 4.69) is 59.7 Å². The molecule has 0 amide bonds. The Hall–Kier alpha value is -0.170. The van der Waals surface area contributed by atoms with Crippen LogP contribution in [0.1, 0.15) is 30.8 Å². The second kappa shape index (κ2) is 7.02. The highest BCUT2D eigenvalue weighted by atomic mass is 79.9. The van der Waals surface area contributed by atoms with Crippen molar-refractivity contribution in [2.75, 3.05) is 6.54 Å². The number of nitrogens with one attached hydrogen (secondary N) is 1. The maximum absolute atomic E-state index is 4.39. The van der Waals surface area contributed by atoms with Crippen molar-refractivity contribution in [2.24, 2.45) is 7.05 Å². The van der Waals surface area contributed by atoms with E-state index in [4.69, 9.17) is 0 Å². The summed E-state index contributed by atoms with van der Waals surface area (Å²) in [6, 6.07) is 2.55.